The molecular weight excluding hydrogens is 417 g/mol. The first kappa shape index (κ1) is 21.2. The van der Waals surface area contributed by atoms with Gasteiger partial charge in [0.05, 0.1) is 33.7 Å². The minimum atomic E-state index is 0.280. The zero-order valence-corrected chi connectivity index (χ0v) is 18.9. The molecule has 1 saturated heterocycles. The molecule has 3 aromatic rings. The number of aryl methyl sites for hydroxylation is 1. The molecule has 2 heterocycles. The topological polar surface area (TPSA) is 37.2 Å². The van der Waals surface area contributed by atoms with Crippen LogP contribution in [0.2, 0.25) is 10.0 Å². The lowest BCUT2D eigenvalue weighted by atomic mass is 10.1. The molecule has 0 bridgehead atoms. The standard InChI is InChI=1S/C23H27Cl2N5/c1-17-6-3-4-7-19(17)22-16-26-27-30(22)18(2)10-11-28-12-14-29(15-13-28)21-9-5-8-20(24)23(21)25/h3-9,16,18H,10-15H2,1-2H3. The van der Waals surface area contributed by atoms with E-state index < -0.39 is 0 Å². The minimum Gasteiger partial charge on any atom is -0.368 e. The first-order valence-electron chi connectivity index (χ1n) is 10.4. The maximum Gasteiger partial charge on any atom is 0.0891 e. The van der Waals surface area contributed by atoms with Crippen LogP contribution in [0, 0.1) is 6.92 Å². The summed E-state index contributed by atoms with van der Waals surface area (Å²) in [5.74, 6) is 0. The van der Waals surface area contributed by atoms with Crippen LogP contribution >= 0.6 is 23.2 Å². The lowest BCUT2D eigenvalue weighted by molar-refractivity contribution is 0.238. The highest BCUT2D eigenvalue weighted by atomic mass is 35.5. The van der Waals surface area contributed by atoms with Crippen molar-refractivity contribution < 1.29 is 0 Å². The third kappa shape index (κ3) is 4.48. The molecular formula is C23H27Cl2N5. The number of hydrogen-bond donors (Lipinski definition) is 0. The van der Waals surface area contributed by atoms with Crippen LogP contribution in [0.1, 0.15) is 24.9 Å². The summed E-state index contributed by atoms with van der Waals surface area (Å²) in [7, 11) is 0. The van der Waals surface area contributed by atoms with Gasteiger partial charge >= 0.3 is 0 Å². The van der Waals surface area contributed by atoms with Crippen molar-refractivity contribution in [2.45, 2.75) is 26.3 Å². The van der Waals surface area contributed by atoms with E-state index in [1.165, 1.54) is 11.1 Å². The van der Waals surface area contributed by atoms with Crippen LogP contribution in [0.4, 0.5) is 5.69 Å². The molecule has 1 aromatic heterocycles. The van der Waals surface area contributed by atoms with Crippen LogP contribution in [0.3, 0.4) is 0 Å². The van der Waals surface area contributed by atoms with E-state index in [1.54, 1.807) is 0 Å². The zero-order valence-electron chi connectivity index (χ0n) is 17.4. The Labute approximate surface area is 188 Å². The maximum absolute atomic E-state index is 6.40. The number of anilines is 1. The SMILES string of the molecule is Cc1ccccc1-c1cnnn1C(C)CCN1CCN(c2cccc(Cl)c2Cl)CC1. The second-order valence-electron chi connectivity index (χ2n) is 7.92. The van der Waals surface area contributed by atoms with Gasteiger partial charge in [0, 0.05) is 38.3 Å². The van der Waals surface area contributed by atoms with Gasteiger partial charge in [-0.2, -0.15) is 0 Å². The molecule has 7 heteroatoms. The van der Waals surface area contributed by atoms with Crippen LogP contribution in [0.5, 0.6) is 0 Å². The quantitative estimate of drug-likeness (QED) is 0.515. The molecule has 5 nitrogen and oxygen atoms in total. The van der Waals surface area contributed by atoms with Crippen molar-refractivity contribution in [2.24, 2.45) is 0 Å². The zero-order chi connectivity index (χ0) is 21.1. The first-order chi connectivity index (χ1) is 14.5. The number of benzene rings is 2. The van der Waals surface area contributed by atoms with Gasteiger partial charge in [-0.15, -0.1) is 5.10 Å². The monoisotopic (exact) mass is 443 g/mol. The molecule has 1 aliphatic heterocycles. The van der Waals surface area contributed by atoms with Gasteiger partial charge in [0.15, 0.2) is 0 Å². The van der Waals surface area contributed by atoms with Gasteiger partial charge in [0.25, 0.3) is 0 Å². The second-order valence-corrected chi connectivity index (χ2v) is 8.70. The van der Waals surface area contributed by atoms with Gasteiger partial charge in [-0.25, -0.2) is 4.68 Å². The molecule has 0 N–H and O–H groups in total. The highest BCUT2D eigenvalue weighted by Crippen LogP contribution is 2.33. The molecule has 158 valence electrons. The summed E-state index contributed by atoms with van der Waals surface area (Å²) < 4.78 is 2.06. The number of nitrogens with zero attached hydrogens (tertiary/aromatic N) is 5. The summed E-state index contributed by atoms with van der Waals surface area (Å²) in [6.45, 7) is 9.31. The van der Waals surface area contributed by atoms with Gasteiger partial charge in [-0.05, 0) is 38.0 Å². The minimum absolute atomic E-state index is 0.280. The molecule has 0 aliphatic carbocycles. The van der Waals surface area contributed by atoms with E-state index in [4.69, 9.17) is 23.2 Å². The number of halogens is 2. The average molecular weight is 444 g/mol. The number of rotatable bonds is 6. The van der Waals surface area contributed by atoms with Crippen LogP contribution in [0.25, 0.3) is 11.3 Å². The lowest BCUT2D eigenvalue weighted by Crippen LogP contribution is -2.47. The molecule has 1 fully saturated rings. The number of aromatic nitrogens is 3. The summed E-state index contributed by atoms with van der Waals surface area (Å²) in [6.07, 6.45) is 2.90. The fourth-order valence-electron chi connectivity index (χ4n) is 4.06. The molecule has 0 saturated carbocycles. The Morgan fingerprint density at radius 2 is 1.77 bits per heavy atom. The molecule has 30 heavy (non-hydrogen) atoms. The van der Waals surface area contributed by atoms with Gasteiger partial charge < -0.3 is 4.90 Å². The largest absolute Gasteiger partial charge is 0.368 e. The Morgan fingerprint density at radius 3 is 2.53 bits per heavy atom. The van der Waals surface area contributed by atoms with Crippen LogP contribution < -0.4 is 4.90 Å². The van der Waals surface area contributed by atoms with E-state index >= 15 is 0 Å². The molecule has 1 atom stereocenters. The predicted octanol–water partition coefficient (Wildman–Crippen LogP) is 5.33. The molecule has 0 radical (unpaired) electrons. The smallest absolute Gasteiger partial charge is 0.0891 e. The third-order valence-electron chi connectivity index (χ3n) is 5.92. The summed E-state index contributed by atoms with van der Waals surface area (Å²) >= 11 is 12.6. The Kier molecular flexibility index (Phi) is 6.61. The summed E-state index contributed by atoms with van der Waals surface area (Å²) in [4.78, 5) is 4.83. The van der Waals surface area contributed by atoms with Crippen molar-refractivity contribution in [3.63, 3.8) is 0 Å². The molecule has 4 rings (SSSR count). The predicted molar refractivity (Wildman–Crippen MR) is 125 cm³/mol. The van der Waals surface area contributed by atoms with E-state index in [0.29, 0.717) is 10.0 Å². The Balaban J connectivity index is 1.34. The van der Waals surface area contributed by atoms with Gasteiger partial charge in [-0.3, -0.25) is 4.90 Å². The summed E-state index contributed by atoms with van der Waals surface area (Å²) in [5.41, 5.74) is 4.55. The highest BCUT2D eigenvalue weighted by Gasteiger charge is 2.21. The van der Waals surface area contributed by atoms with E-state index in [1.807, 2.05) is 24.4 Å². The second kappa shape index (κ2) is 9.38. The van der Waals surface area contributed by atoms with E-state index in [0.717, 1.165) is 50.5 Å². The Hall–Kier alpha value is -2.08. The van der Waals surface area contributed by atoms with Crippen molar-refractivity contribution in [3.8, 4) is 11.3 Å². The number of hydrogen-bond acceptors (Lipinski definition) is 4. The Bertz CT molecular complexity index is 995. The summed E-state index contributed by atoms with van der Waals surface area (Å²) in [6, 6.07) is 14.5. The van der Waals surface area contributed by atoms with Crippen molar-refractivity contribution in [3.05, 3.63) is 64.3 Å². The van der Waals surface area contributed by atoms with E-state index in [9.17, 15) is 0 Å². The van der Waals surface area contributed by atoms with E-state index in [-0.39, 0.29) is 6.04 Å². The van der Waals surface area contributed by atoms with Gasteiger partial charge in [0.2, 0.25) is 0 Å². The van der Waals surface area contributed by atoms with Crippen LogP contribution in [-0.2, 0) is 0 Å². The summed E-state index contributed by atoms with van der Waals surface area (Å²) in [5, 5.41) is 9.83. The maximum atomic E-state index is 6.40. The molecule has 0 spiro atoms. The van der Waals surface area contributed by atoms with Crippen molar-refractivity contribution in [1.82, 2.24) is 19.9 Å². The highest BCUT2D eigenvalue weighted by molar-refractivity contribution is 6.43. The first-order valence-corrected chi connectivity index (χ1v) is 11.2. The number of piperazine rings is 1. The van der Waals surface area contributed by atoms with Crippen molar-refractivity contribution in [2.75, 3.05) is 37.6 Å². The lowest BCUT2D eigenvalue weighted by Gasteiger charge is -2.37. The van der Waals surface area contributed by atoms with Crippen LogP contribution in [0.15, 0.2) is 48.7 Å². The van der Waals surface area contributed by atoms with Crippen molar-refractivity contribution >= 4 is 28.9 Å². The van der Waals surface area contributed by atoms with E-state index in [2.05, 4.69) is 62.9 Å². The fraction of sp³-hybridized carbons (Fsp3) is 0.391. The normalized spacial score (nSPS) is 16.1. The molecule has 1 unspecified atom stereocenters. The van der Waals surface area contributed by atoms with Crippen LogP contribution in [-0.4, -0.2) is 52.6 Å². The third-order valence-corrected chi connectivity index (χ3v) is 6.73. The van der Waals surface area contributed by atoms with Gasteiger partial charge in [-0.1, -0.05) is 58.7 Å². The molecule has 0 amide bonds. The molecule has 2 aromatic carbocycles. The Morgan fingerprint density at radius 1 is 1.00 bits per heavy atom. The van der Waals surface area contributed by atoms with Crippen molar-refractivity contribution in [1.29, 1.82) is 0 Å². The average Bonchev–Trinajstić information content (AvgIpc) is 3.24. The fourth-order valence-corrected chi connectivity index (χ4v) is 4.48. The van der Waals surface area contributed by atoms with Gasteiger partial charge in [0.1, 0.15) is 0 Å². The molecule has 1 aliphatic rings.